The first-order chi connectivity index (χ1) is 34.4. The number of aliphatic carboxylic acids is 2. The minimum Gasteiger partial charge on any atom is -0.481 e. The Morgan fingerprint density at radius 3 is 1.38 bits per heavy atom. The van der Waals surface area contributed by atoms with Gasteiger partial charge in [-0.2, -0.15) is 11.8 Å². The van der Waals surface area contributed by atoms with E-state index < -0.39 is 67.2 Å². The molecule has 3 heterocycles. The highest BCUT2D eigenvalue weighted by Gasteiger charge is 2.34. The van der Waals surface area contributed by atoms with Gasteiger partial charge in [0.25, 0.3) is 23.6 Å². The fourth-order valence-corrected chi connectivity index (χ4v) is 10.6. The number of imide groups is 3. The number of carboxylic acid groups (broad SMARTS) is 2. The standard InChI is InChI=1S/C18H30N2O8S2.C14H16N2O8S2.C10H19NO5S/c1-19(6-4-18(24)25)7-8-28-9-12-30(26,27)13-11-29-10-5-15(21)14-20-16(22)2-3-17(20)23;17-9-1-2-10(18)15(9)23-13(21)5-7-25-26-8-6-14(22)24-16-11(19)3-4-12(16)20;1-3-17(14,15)9-8-16-7-6-11(2)5-4-10(12)13/h2-14H2,1H3,(H,24,25);1-8H2;3H,1,4-9H2,2H3,(H,12,13). The van der Waals surface area contributed by atoms with Gasteiger partial charge in [0, 0.05) is 99.5 Å². The molecule has 3 aliphatic heterocycles. The number of ether oxygens (including phenoxy) is 2. The minimum absolute atomic E-state index is 0.00401. The molecule has 0 atom stereocenters. The van der Waals surface area contributed by atoms with Crippen LogP contribution in [-0.4, -0.2) is 230 Å². The van der Waals surface area contributed by atoms with Crippen molar-refractivity contribution in [3.63, 3.8) is 0 Å². The number of ketones is 1. The van der Waals surface area contributed by atoms with E-state index >= 15 is 0 Å². The Hall–Kier alpha value is -4.50. The molecule has 3 rings (SSSR count). The van der Waals surface area contributed by atoms with E-state index in [1.54, 1.807) is 19.0 Å². The van der Waals surface area contributed by atoms with Crippen molar-refractivity contribution in [2.45, 2.75) is 70.6 Å². The number of hydrogen-bond donors (Lipinski definition) is 2. The minimum atomic E-state index is -3.26. The van der Waals surface area contributed by atoms with Crippen molar-refractivity contribution in [3.05, 3.63) is 12.0 Å². The van der Waals surface area contributed by atoms with Gasteiger partial charge >= 0.3 is 23.9 Å². The van der Waals surface area contributed by atoms with Gasteiger partial charge in [-0.3, -0.25) is 48.1 Å². The highest BCUT2D eigenvalue weighted by Crippen LogP contribution is 2.24. The summed E-state index contributed by atoms with van der Waals surface area (Å²) in [6.07, 6.45) is 0.787. The van der Waals surface area contributed by atoms with Gasteiger partial charge in [0.2, 0.25) is 11.8 Å². The summed E-state index contributed by atoms with van der Waals surface area (Å²) >= 11 is 1.34. The Morgan fingerprint density at radius 1 is 0.562 bits per heavy atom. The van der Waals surface area contributed by atoms with E-state index in [9.17, 15) is 69.6 Å². The van der Waals surface area contributed by atoms with Crippen LogP contribution in [0.1, 0.15) is 70.6 Å². The monoisotopic (exact) mass is 1140 g/mol. The van der Waals surface area contributed by atoms with Crippen molar-refractivity contribution >= 4 is 118 Å². The number of hydroxylamine groups is 4. The number of thioether (sulfide) groups is 1. The van der Waals surface area contributed by atoms with Crippen LogP contribution in [-0.2, 0) is 91.6 Å². The Kier molecular flexibility index (Phi) is 33.2. The molecule has 3 fully saturated rings. The van der Waals surface area contributed by atoms with Crippen molar-refractivity contribution < 1.29 is 98.9 Å². The summed E-state index contributed by atoms with van der Waals surface area (Å²) in [5, 5.41) is 19.0. The lowest BCUT2D eigenvalue weighted by atomic mass is 10.3. The average molecular weight is 1140 g/mol. The number of likely N-dealkylation sites (tertiary alicyclic amines) is 1. The van der Waals surface area contributed by atoms with Gasteiger partial charge in [-0.15, -0.1) is 10.1 Å². The number of amides is 6. The SMILES string of the molecule is C=CS(=O)(=O)CCOCCN(C)CCC(=O)O.CN(CCOCCS(=O)(=O)CCSCCC(=O)CN1C(=O)CCC1=O)CCC(=O)O.O=C(CCSSCCC(=O)ON1C(=O)CCC1=O)ON1C(=O)CCC1=O. The summed E-state index contributed by atoms with van der Waals surface area (Å²) in [6.45, 7) is 5.85. The third kappa shape index (κ3) is 31.8. The van der Waals surface area contributed by atoms with Gasteiger partial charge < -0.3 is 39.2 Å². The fraction of sp³-hybridized carbons (Fsp3) is 0.690. The smallest absolute Gasteiger partial charge is 0.334 e. The summed E-state index contributed by atoms with van der Waals surface area (Å²) in [4.78, 5) is 138. The summed E-state index contributed by atoms with van der Waals surface area (Å²) in [7, 11) is -0.299. The van der Waals surface area contributed by atoms with Crippen LogP contribution in [0.5, 0.6) is 0 Å². The van der Waals surface area contributed by atoms with E-state index in [0.717, 1.165) is 10.3 Å². The predicted molar refractivity (Wildman–Crippen MR) is 265 cm³/mol. The Bertz CT molecular complexity index is 2040. The average Bonchev–Trinajstić information content (AvgIpc) is 3.94. The quantitative estimate of drug-likeness (QED) is 0.0473. The Balaban J connectivity index is 0.000000569. The predicted octanol–water partition coefficient (Wildman–Crippen LogP) is -0.00410. The summed E-state index contributed by atoms with van der Waals surface area (Å²) in [6, 6.07) is 0. The maximum Gasteiger partial charge on any atom is 0.334 e. The van der Waals surface area contributed by atoms with Gasteiger partial charge in [-0.1, -0.05) is 28.2 Å². The van der Waals surface area contributed by atoms with E-state index in [0.29, 0.717) is 72.5 Å². The molecule has 2 N–H and O–H groups in total. The van der Waals surface area contributed by atoms with Crippen molar-refractivity contribution in [2.75, 3.05) is 114 Å². The zero-order chi connectivity index (χ0) is 55.0. The van der Waals surface area contributed by atoms with Crippen LogP contribution in [0.2, 0.25) is 0 Å². The molecule has 0 unspecified atom stereocenters. The van der Waals surface area contributed by atoms with E-state index in [-0.39, 0.29) is 125 Å². The second kappa shape index (κ2) is 36.4. The van der Waals surface area contributed by atoms with Gasteiger partial charge in [-0.05, 0) is 14.1 Å². The molecule has 414 valence electrons. The highest BCUT2D eigenvalue weighted by molar-refractivity contribution is 8.76. The number of sulfone groups is 2. The molecule has 0 spiro atoms. The van der Waals surface area contributed by atoms with Crippen molar-refractivity contribution in [3.8, 4) is 0 Å². The molecule has 73 heavy (non-hydrogen) atoms. The van der Waals surface area contributed by atoms with E-state index in [1.807, 2.05) is 4.90 Å². The maximum absolute atomic E-state index is 12.0. The van der Waals surface area contributed by atoms with Crippen LogP contribution in [0, 0.1) is 0 Å². The lowest BCUT2D eigenvalue weighted by Crippen LogP contribution is -2.34. The normalized spacial score (nSPS) is 14.9. The third-order valence-corrected chi connectivity index (χ3v) is 16.3. The lowest BCUT2D eigenvalue weighted by Gasteiger charge is -2.15. The highest BCUT2D eigenvalue weighted by atomic mass is 33.1. The van der Waals surface area contributed by atoms with Gasteiger partial charge in [0.15, 0.2) is 25.5 Å². The molecular weight excluding hydrogens is 1070 g/mol. The molecule has 0 aliphatic carbocycles. The van der Waals surface area contributed by atoms with E-state index in [2.05, 4.69) is 6.58 Å². The molecule has 0 radical (unpaired) electrons. The number of rotatable bonds is 36. The third-order valence-electron chi connectivity index (χ3n) is 9.77. The van der Waals surface area contributed by atoms with Crippen LogP contribution in [0.25, 0.3) is 0 Å². The zero-order valence-corrected chi connectivity index (χ0v) is 44.9. The number of carbonyl (C=O) groups is 11. The van der Waals surface area contributed by atoms with Gasteiger partial charge in [-0.25, -0.2) is 26.4 Å². The molecule has 0 saturated carbocycles. The van der Waals surface area contributed by atoms with Gasteiger partial charge in [0.1, 0.15) is 0 Å². The van der Waals surface area contributed by atoms with Gasteiger partial charge in [0.05, 0.1) is 75.9 Å². The topological polar surface area (TPSA) is 350 Å². The number of Topliss-reactive ketones (excluding diaryl/α,β-unsaturated/α-hetero) is 1. The number of hydrogen-bond acceptors (Lipinski definition) is 24. The second-order valence-electron chi connectivity index (χ2n) is 15.8. The fourth-order valence-electron chi connectivity index (χ4n) is 5.49. The number of nitrogens with zero attached hydrogens (tertiary/aromatic N) is 5. The zero-order valence-electron chi connectivity index (χ0n) is 40.8. The Morgan fingerprint density at radius 2 is 0.973 bits per heavy atom. The molecule has 3 aliphatic rings. The molecule has 3 saturated heterocycles. The second-order valence-corrected chi connectivity index (χ2v) is 24.1. The molecule has 0 aromatic rings. The van der Waals surface area contributed by atoms with Crippen LogP contribution < -0.4 is 0 Å². The molecular formula is C42H65N5O21S5. The number of likely N-dealkylation sites (N-methyl/N-ethyl adjacent to an activating group) is 2. The first kappa shape index (κ1) is 66.5. The largest absolute Gasteiger partial charge is 0.481 e. The van der Waals surface area contributed by atoms with Crippen molar-refractivity contribution in [2.24, 2.45) is 0 Å². The first-order valence-corrected chi connectivity index (χ1v) is 29.9. The molecule has 0 aromatic heterocycles. The molecule has 0 aromatic carbocycles. The number of carboxylic acids is 2. The maximum atomic E-state index is 12.0. The van der Waals surface area contributed by atoms with E-state index in [1.165, 1.54) is 33.3 Å². The van der Waals surface area contributed by atoms with Crippen LogP contribution in [0.15, 0.2) is 12.0 Å². The summed E-state index contributed by atoms with van der Waals surface area (Å²) in [5.74, 6) is -4.72. The van der Waals surface area contributed by atoms with Crippen LogP contribution in [0.4, 0.5) is 0 Å². The summed E-state index contributed by atoms with van der Waals surface area (Å²) < 4.78 is 56.4. The molecule has 31 heteroatoms. The van der Waals surface area contributed by atoms with Crippen molar-refractivity contribution in [1.82, 2.24) is 24.8 Å². The van der Waals surface area contributed by atoms with Crippen LogP contribution in [0.3, 0.4) is 0 Å². The van der Waals surface area contributed by atoms with Crippen molar-refractivity contribution in [1.29, 1.82) is 0 Å². The molecule has 26 nitrogen and oxygen atoms in total. The Labute approximate surface area is 436 Å². The first-order valence-electron chi connectivity index (χ1n) is 22.7. The molecule has 6 amide bonds. The molecule has 0 bridgehead atoms. The van der Waals surface area contributed by atoms with E-state index in [4.69, 9.17) is 29.4 Å². The number of carbonyl (C=O) groups excluding carboxylic acids is 9. The lowest BCUT2D eigenvalue weighted by molar-refractivity contribution is -0.197. The van der Waals surface area contributed by atoms with Crippen LogP contribution >= 0.6 is 33.3 Å². The summed E-state index contributed by atoms with van der Waals surface area (Å²) in [5.41, 5.74) is 0.